The Balaban J connectivity index is 1.75. The molecule has 2 aromatic rings. The van der Waals surface area contributed by atoms with Crippen molar-refractivity contribution in [2.45, 2.75) is 19.2 Å². The summed E-state index contributed by atoms with van der Waals surface area (Å²) >= 11 is 0. The summed E-state index contributed by atoms with van der Waals surface area (Å²) in [5, 5.41) is 2.61. The third-order valence-corrected chi connectivity index (χ3v) is 3.86. The second-order valence-corrected chi connectivity index (χ2v) is 5.69. The van der Waals surface area contributed by atoms with Gasteiger partial charge in [-0.2, -0.15) is 0 Å². The van der Waals surface area contributed by atoms with Crippen molar-refractivity contribution in [1.29, 1.82) is 0 Å². The summed E-state index contributed by atoms with van der Waals surface area (Å²) in [5.41, 5.74) is 1.15. The lowest BCUT2D eigenvalue weighted by molar-refractivity contribution is -0.274. The van der Waals surface area contributed by atoms with Gasteiger partial charge in [-0.3, -0.25) is 9.59 Å². The first kappa shape index (κ1) is 17.8. The van der Waals surface area contributed by atoms with E-state index in [-0.39, 0.29) is 11.7 Å². The monoisotopic (exact) mass is 364 g/mol. The van der Waals surface area contributed by atoms with Gasteiger partial charge >= 0.3 is 6.36 Å². The molecule has 136 valence electrons. The van der Waals surface area contributed by atoms with Gasteiger partial charge in [0.2, 0.25) is 5.91 Å². The van der Waals surface area contributed by atoms with Crippen LogP contribution in [0.25, 0.3) is 0 Å². The van der Waals surface area contributed by atoms with Crippen LogP contribution in [0.1, 0.15) is 23.2 Å². The number of anilines is 2. The van der Waals surface area contributed by atoms with Gasteiger partial charge < -0.3 is 15.0 Å². The summed E-state index contributed by atoms with van der Waals surface area (Å²) in [6.45, 7) is 0.548. The summed E-state index contributed by atoms with van der Waals surface area (Å²) in [5.74, 6) is -0.873. The third kappa shape index (κ3) is 4.14. The first-order valence-electron chi connectivity index (χ1n) is 7.90. The molecule has 8 heteroatoms. The molecule has 2 aromatic carbocycles. The van der Waals surface area contributed by atoms with Crippen LogP contribution >= 0.6 is 0 Å². The third-order valence-electron chi connectivity index (χ3n) is 3.86. The number of amides is 2. The maximum atomic E-state index is 12.6. The SMILES string of the molecule is O=C(Nc1ccc(OC(F)(F)F)cc1)c1ccccc1N1CCCC1=O. The number of hydrogen-bond donors (Lipinski definition) is 1. The zero-order valence-electron chi connectivity index (χ0n) is 13.5. The second-order valence-electron chi connectivity index (χ2n) is 5.69. The molecule has 1 heterocycles. The molecule has 0 radical (unpaired) electrons. The molecule has 0 bridgehead atoms. The normalized spacial score (nSPS) is 14.4. The molecule has 0 aliphatic carbocycles. The maximum Gasteiger partial charge on any atom is 0.573 e. The molecule has 0 saturated carbocycles. The molecule has 1 fully saturated rings. The van der Waals surface area contributed by atoms with Crippen LogP contribution in [0.2, 0.25) is 0 Å². The molecule has 3 rings (SSSR count). The lowest BCUT2D eigenvalue weighted by Crippen LogP contribution is -2.27. The fourth-order valence-corrected chi connectivity index (χ4v) is 2.74. The van der Waals surface area contributed by atoms with Crippen molar-refractivity contribution >= 4 is 23.2 Å². The summed E-state index contributed by atoms with van der Waals surface area (Å²) in [7, 11) is 0. The minimum absolute atomic E-state index is 0.0427. The topological polar surface area (TPSA) is 58.6 Å². The number of rotatable bonds is 4. The smallest absolute Gasteiger partial charge is 0.406 e. The van der Waals surface area contributed by atoms with E-state index in [1.165, 1.54) is 12.1 Å². The molecule has 1 aliphatic heterocycles. The van der Waals surface area contributed by atoms with Gasteiger partial charge in [-0.1, -0.05) is 12.1 Å². The van der Waals surface area contributed by atoms with E-state index in [0.29, 0.717) is 29.9 Å². The van der Waals surface area contributed by atoms with E-state index in [2.05, 4.69) is 10.1 Å². The molecular weight excluding hydrogens is 349 g/mol. The highest BCUT2D eigenvalue weighted by molar-refractivity contribution is 6.11. The maximum absolute atomic E-state index is 12.6. The van der Waals surface area contributed by atoms with E-state index < -0.39 is 12.3 Å². The Bertz CT molecular complexity index is 819. The molecule has 0 atom stereocenters. The molecular formula is C18H15F3N2O3. The number of halogens is 3. The molecule has 0 aromatic heterocycles. The van der Waals surface area contributed by atoms with Crippen LogP contribution in [0.5, 0.6) is 5.75 Å². The minimum Gasteiger partial charge on any atom is -0.406 e. The summed E-state index contributed by atoms with van der Waals surface area (Å²) in [4.78, 5) is 26.1. The fourth-order valence-electron chi connectivity index (χ4n) is 2.74. The van der Waals surface area contributed by atoms with Gasteiger partial charge in [0.1, 0.15) is 5.75 Å². The van der Waals surface area contributed by atoms with Crippen molar-refractivity contribution in [2.75, 3.05) is 16.8 Å². The molecule has 1 N–H and O–H groups in total. The molecule has 1 aliphatic rings. The van der Waals surface area contributed by atoms with E-state index in [1.54, 1.807) is 29.2 Å². The van der Waals surface area contributed by atoms with Gasteiger partial charge in [-0.25, -0.2) is 0 Å². The van der Waals surface area contributed by atoms with E-state index in [1.807, 2.05) is 0 Å². The Morgan fingerprint density at radius 1 is 1.08 bits per heavy atom. The molecule has 5 nitrogen and oxygen atoms in total. The van der Waals surface area contributed by atoms with Crippen molar-refractivity contribution in [3.8, 4) is 5.75 Å². The highest BCUT2D eigenvalue weighted by Crippen LogP contribution is 2.27. The highest BCUT2D eigenvalue weighted by atomic mass is 19.4. The van der Waals surface area contributed by atoms with Gasteiger partial charge in [0.05, 0.1) is 11.3 Å². The van der Waals surface area contributed by atoms with Crippen LogP contribution in [0, 0.1) is 0 Å². The predicted molar refractivity (Wildman–Crippen MR) is 89.1 cm³/mol. The van der Waals surface area contributed by atoms with E-state index in [0.717, 1.165) is 18.6 Å². The van der Waals surface area contributed by atoms with Crippen LogP contribution < -0.4 is 15.0 Å². The van der Waals surface area contributed by atoms with Gasteiger partial charge in [-0.05, 0) is 42.8 Å². The zero-order valence-corrected chi connectivity index (χ0v) is 13.5. The Hall–Kier alpha value is -3.03. The van der Waals surface area contributed by atoms with Crippen molar-refractivity contribution in [1.82, 2.24) is 0 Å². The molecule has 0 spiro atoms. The van der Waals surface area contributed by atoms with Crippen LogP contribution in [-0.2, 0) is 4.79 Å². The number of carbonyl (C=O) groups excluding carboxylic acids is 2. The first-order valence-corrected chi connectivity index (χ1v) is 7.90. The summed E-state index contributed by atoms with van der Waals surface area (Å²) in [6, 6.07) is 11.5. The van der Waals surface area contributed by atoms with Crippen LogP contribution in [0.4, 0.5) is 24.5 Å². The number of ether oxygens (including phenoxy) is 1. The van der Waals surface area contributed by atoms with E-state index >= 15 is 0 Å². The molecule has 2 amide bonds. The van der Waals surface area contributed by atoms with E-state index in [9.17, 15) is 22.8 Å². The van der Waals surface area contributed by atoms with Crippen LogP contribution in [0.15, 0.2) is 48.5 Å². The zero-order chi connectivity index (χ0) is 18.7. The van der Waals surface area contributed by atoms with Crippen molar-refractivity contribution in [3.05, 3.63) is 54.1 Å². The number of carbonyl (C=O) groups is 2. The lowest BCUT2D eigenvalue weighted by atomic mass is 10.1. The summed E-state index contributed by atoms with van der Waals surface area (Å²) in [6.07, 6.45) is -3.60. The Kier molecular flexibility index (Phi) is 4.83. The fraction of sp³-hybridized carbons (Fsp3) is 0.222. The molecule has 1 saturated heterocycles. The Morgan fingerprint density at radius 2 is 1.77 bits per heavy atom. The van der Waals surface area contributed by atoms with Gasteiger partial charge in [0.15, 0.2) is 0 Å². The van der Waals surface area contributed by atoms with Crippen molar-refractivity contribution in [2.24, 2.45) is 0 Å². The van der Waals surface area contributed by atoms with E-state index in [4.69, 9.17) is 0 Å². The molecule has 0 unspecified atom stereocenters. The number of nitrogens with zero attached hydrogens (tertiary/aromatic N) is 1. The van der Waals surface area contributed by atoms with Gasteiger partial charge in [0.25, 0.3) is 5.91 Å². The average Bonchev–Trinajstić information content (AvgIpc) is 3.01. The minimum atomic E-state index is -4.77. The number of para-hydroxylation sites is 1. The Labute approximate surface area is 147 Å². The van der Waals surface area contributed by atoms with Crippen LogP contribution in [0.3, 0.4) is 0 Å². The van der Waals surface area contributed by atoms with Crippen LogP contribution in [-0.4, -0.2) is 24.7 Å². The van der Waals surface area contributed by atoms with Gasteiger partial charge in [0, 0.05) is 18.7 Å². The van der Waals surface area contributed by atoms with Crippen molar-refractivity contribution < 1.29 is 27.5 Å². The number of benzene rings is 2. The lowest BCUT2D eigenvalue weighted by Gasteiger charge is -2.19. The second kappa shape index (κ2) is 7.07. The number of alkyl halides is 3. The largest absolute Gasteiger partial charge is 0.573 e. The average molecular weight is 364 g/mol. The standard InChI is InChI=1S/C18H15F3N2O3/c19-18(20,21)26-13-9-7-12(8-10-13)22-17(25)14-4-1-2-5-15(14)23-11-3-6-16(23)24/h1-2,4-5,7-10H,3,6,11H2,(H,22,25). The predicted octanol–water partition coefficient (Wildman–Crippen LogP) is 3.96. The summed E-state index contributed by atoms with van der Waals surface area (Å²) < 4.78 is 40.3. The quantitative estimate of drug-likeness (QED) is 0.893. The first-order chi connectivity index (χ1) is 12.3. The molecule has 26 heavy (non-hydrogen) atoms. The Morgan fingerprint density at radius 3 is 2.38 bits per heavy atom. The van der Waals surface area contributed by atoms with Gasteiger partial charge in [-0.15, -0.1) is 13.2 Å². The number of hydrogen-bond acceptors (Lipinski definition) is 3. The van der Waals surface area contributed by atoms with Crippen molar-refractivity contribution in [3.63, 3.8) is 0 Å². The number of nitrogens with one attached hydrogen (secondary N) is 1. The highest BCUT2D eigenvalue weighted by Gasteiger charge is 2.31.